The number of nitrogens with one attached hydrogen (secondary N) is 1. The van der Waals surface area contributed by atoms with E-state index in [9.17, 15) is 9.35 Å². The van der Waals surface area contributed by atoms with Crippen molar-refractivity contribution in [2.75, 3.05) is 24.3 Å². The van der Waals surface area contributed by atoms with Crippen molar-refractivity contribution >= 4 is 44.9 Å². The van der Waals surface area contributed by atoms with Crippen LogP contribution in [0.3, 0.4) is 0 Å². The number of H-pyrrole nitrogens is 1. The molecular weight excluding hydrogens is 549 g/mol. The van der Waals surface area contributed by atoms with Gasteiger partial charge in [-0.2, -0.15) is 15.1 Å². The molecule has 1 aromatic carbocycles. The molecule has 0 aliphatic carbocycles. The quantitative estimate of drug-likeness (QED) is 0.275. The number of carbonyl (C=O) groups is 1. The van der Waals surface area contributed by atoms with Crippen molar-refractivity contribution in [3.05, 3.63) is 29.7 Å². The van der Waals surface area contributed by atoms with Crippen LogP contribution >= 0.6 is 0 Å². The van der Waals surface area contributed by atoms with Crippen LogP contribution in [0.25, 0.3) is 33.1 Å². The minimum Gasteiger partial charge on any atom is -0.609 e. The van der Waals surface area contributed by atoms with E-state index in [0.717, 1.165) is 23.9 Å². The molecule has 41 heavy (non-hydrogen) atoms. The van der Waals surface area contributed by atoms with Crippen molar-refractivity contribution in [2.24, 2.45) is 0 Å². The molecule has 13 heteroatoms. The Morgan fingerprint density at radius 3 is 2.78 bits per heavy atom. The zero-order valence-corrected chi connectivity index (χ0v) is 24.2. The Kier molecular flexibility index (Phi) is 5.85. The number of nitrogens with zero attached hydrogens (tertiary/aromatic N) is 6. The van der Waals surface area contributed by atoms with E-state index in [1.807, 2.05) is 44.7 Å². The average Bonchev–Trinajstić information content (AvgIpc) is 3.47. The molecule has 2 bridgehead atoms. The van der Waals surface area contributed by atoms with Gasteiger partial charge in [0.05, 0.1) is 29.8 Å². The zero-order chi connectivity index (χ0) is 28.8. The van der Waals surface area contributed by atoms with Crippen LogP contribution in [0.5, 0.6) is 5.88 Å². The predicted molar refractivity (Wildman–Crippen MR) is 151 cm³/mol. The number of halogens is 1. The van der Waals surface area contributed by atoms with Crippen LogP contribution in [-0.4, -0.2) is 83.8 Å². The summed E-state index contributed by atoms with van der Waals surface area (Å²) >= 11 is -1.58. The average molecular weight is 580 g/mol. The first kappa shape index (κ1) is 26.2. The van der Waals surface area contributed by atoms with Crippen LogP contribution in [0.15, 0.2) is 23.5 Å². The van der Waals surface area contributed by atoms with Gasteiger partial charge in [0.2, 0.25) is 5.88 Å². The molecule has 11 nitrogen and oxygen atoms in total. The highest BCUT2D eigenvalue weighted by atomic mass is 32.2. The fourth-order valence-electron chi connectivity index (χ4n) is 6.40. The van der Waals surface area contributed by atoms with E-state index in [0.29, 0.717) is 28.7 Å². The second kappa shape index (κ2) is 9.15. The molecule has 7 rings (SSSR count). The van der Waals surface area contributed by atoms with Gasteiger partial charge in [-0.1, -0.05) is 6.07 Å². The van der Waals surface area contributed by atoms with Gasteiger partial charge in [0, 0.05) is 28.7 Å². The van der Waals surface area contributed by atoms with Gasteiger partial charge in [0.15, 0.2) is 11.6 Å². The number of benzene rings is 1. The van der Waals surface area contributed by atoms with Crippen LogP contribution in [0.1, 0.15) is 39.2 Å². The third-order valence-electron chi connectivity index (χ3n) is 8.10. The lowest BCUT2D eigenvalue weighted by Gasteiger charge is -2.46. The summed E-state index contributed by atoms with van der Waals surface area (Å²) in [6.45, 7) is 8.07. The first-order valence-electron chi connectivity index (χ1n) is 13.6. The number of anilines is 1. The zero-order valence-electron chi connectivity index (χ0n) is 23.4. The lowest BCUT2D eigenvalue weighted by Crippen LogP contribution is -2.63. The number of hydrogen-bond acceptors (Lipinski definition) is 9. The number of piperazine rings is 1. The minimum absolute atomic E-state index is 0.00247. The number of pyridine rings is 1. The fourth-order valence-corrected chi connectivity index (χ4v) is 6.83. The van der Waals surface area contributed by atoms with E-state index in [-0.39, 0.29) is 53.1 Å². The van der Waals surface area contributed by atoms with Crippen LogP contribution < -0.4 is 9.64 Å². The largest absolute Gasteiger partial charge is 0.609 e. The maximum Gasteiger partial charge on any atom is 0.410 e. The van der Waals surface area contributed by atoms with Gasteiger partial charge >= 0.3 is 11.2 Å². The van der Waals surface area contributed by atoms with Crippen molar-refractivity contribution in [3.8, 4) is 17.1 Å². The highest BCUT2D eigenvalue weighted by Crippen LogP contribution is 2.45. The summed E-state index contributed by atoms with van der Waals surface area (Å²) in [5.74, 6) is -0.0169. The molecule has 1 N–H and O–H groups in total. The highest BCUT2D eigenvalue weighted by molar-refractivity contribution is 7.90. The van der Waals surface area contributed by atoms with E-state index in [4.69, 9.17) is 14.5 Å². The molecule has 0 saturated carbocycles. The molecule has 1 amide bonds. The molecule has 0 radical (unpaired) electrons. The van der Waals surface area contributed by atoms with Gasteiger partial charge in [-0.15, -0.1) is 0 Å². The summed E-state index contributed by atoms with van der Waals surface area (Å²) in [5, 5.41) is 8.14. The van der Waals surface area contributed by atoms with E-state index in [1.165, 1.54) is 6.26 Å². The molecule has 214 valence electrons. The number of aryl methyl sites for hydroxylation is 1. The predicted octanol–water partition coefficient (Wildman–Crippen LogP) is 4.10. The molecule has 2 fully saturated rings. The molecule has 3 aliphatic rings. The number of aromatic amines is 1. The Balaban J connectivity index is 1.40. The second-order valence-corrected chi connectivity index (χ2v) is 13.2. The molecule has 6 heterocycles. The lowest BCUT2D eigenvalue weighted by molar-refractivity contribution is 0.00539. The smallest absolute Gasteiger partial charge is 0.410 e. The Labute approximate surface area is 238 Å². The Morgan fingerprint density at radius 2 is 2.02 bits per heavy atom. The third-order valence-corrected chi connectivity index (χ3v) is 8.80. The summed E-state index contributed by atoms with van der Waals surface area (Å²) in [6, 6.07) is 3.14. The number of rotatable bonds is 2. The maximum absolute atomic E-state index is 16.6. The van der Waals surface area contributed by atoms with E-state index in [2.05, 4.69) is 25.1 Å². The molecule has 4 atom stereocenters. The second-order valence-electron chi connectivity index (χ2n) is 11.9. The van der Waals surface area contributed by atoms with Crippen LogP contribution in [0.2, 0.25) is 0 Å². The third kappa shape index (κ3) is 4.08. The number of fused-ring (bicyclic) bond motifs is 6. The highest BCUT2D eigenvalue weighted by Gasteiger charge is 2.52. The number of ether oxygens (including phenoxy) is 2. The normalized spacial score (nSPS) is 22.5. The molecule has 1 unspecified atom stereocenters. The number of hydrogen-bond donors (Lipinski definition) is 1. The number of aromatic nitrogens is 5. The molecule has 3 aromatic heterocycles. The van der Waals surface area contributed by atoms with E-state index < -0.39 is 22.6 Å². The first-order chi connectivity index (χ1) is 19.5. The first-order valence-corrected chi connectivity index (χ1v) is 15.2. The standard InChI is InChI=1S/C28H30FN7O4S/c1-13-6-8-16-15(10-30-34-16)19(13)22-21(29)23-20-24(33-26(32-23)41(5)38)35-11-14-7-9-17(18(35)12-39-25(20)31-22)36(14)27(37)40-28(2,3)4/h6,8,10,14,17-18H,7,9,11-12H2,1-5H3,(H,30,34)/t14-,17+,18-,41?/m1/s1. The fraction of sp³-hybridized carbons (Fsp3) is 0.464. The van der Waals surface area contributed by atoms with Gasteiger partial charge in [0.25, 0.3) is 0 Å². The summed E-state index contributed by atoms with van der Waals surface area (Å²) in [7, 11) is 0. The van der Waals surface area contributed by atoms with Crippen LogP contribution in [0, 0.1) is 12.7 Å². The Bertz CT molecular complexity index is 1720. The van der Waals surface area contributed by atoms with Crippen LogP contribution in [-0.2, 0) is 15.9 Å². The van der Waals surface area contributed by atoms with Crippen molar-refractivity contribution in [1.82, 2.24) is 30.0 Å². The van der Waals surface area contributed by atoms with E-state index >= 15 is 4.39 Å². The number of carbonyl (C=O) groups excluding carboxylic acids is 1. The Hall–Kier alpha value is -3.71. The molecule has 2 saturated heterocycles. The van der Waals surface area contributed by atoms with Gasteiger partial charge in [-0.25, -0.2) is 14.2 Å². The van der Waals surface area contributed by atoms with Crippen LogP contribution in [0.4, 0.5) is 15.0 Å². The molecule has 0 spiro atoms. The summed E-state index contributed by atoms with van der Waals surface area (Å²) < 4.78 is 41.3. The van der Waals surface area contributed by atoms with Gasteiger partial charge in [0.1, 0.15) is 35.1 Å². The number of amides is 1. The van der Waals surface area contributed by atoms with Gasteiger partial charge in [-0.3, -0.25) is 10.00 Å². The van der Waals surface area contributed by atoms with Crippen molar-refractivity contribution in [1.29, 1.82) is 0 Å². The van der Waals surface area contributed by atoms with Crippen molar-refractivity contribution in [3.63, 3.8) is 0 Å². The SMILES string of the molecule is Cc1ccc2[nH]ncc2c1-c1nc2c3c(nc([S+](C)[O-])nc3c1F)N1C[C@H]3CC[C@@H]([C@H]1CO2)N3C(=O)OC(C)(C)C. The molecular formula is C28H30FN7O4S. The monoisotopic (exact) mass is 579 g/mol. The molecule has 3 aliphatic heterocycles. The lowest BCUT2D eigenvalue weighted by atomic mass is 9.99. The van der Waals surface area contributed by atoms with Gasteiger partial charge < -0.3 is 18.9 Å². The maximum atomic E-state index is 16.6. The summed E-state index contributed by atoms with van der Waals surface area (Å²) in [4.78, 5) is 31.0. The summed E-state index contributed by atoms with van der Waals surface area (Å²) in [6.07, 6.45) is 4.32. The Morgan fingerprint density at radius 1 is 1.22 bits per heavy atom. The van der Waals surface area contributed by atoms with Crippen molar-refractivity contribution in [2.45, 2.75) is 69.4 Å². The van der Waals surface area contributed by atoms with E-state index in [1.54, 1.807) is 6.20 Å². The summed E-state index contributed by atoms with van der Waals surface area (Å²) in [5.41, 5.74) is 1.58. The van der Waals surface area contributed by atoms with Crippen molar-refractivity contribution < 1.29 is 23.2 Å². The topological polar surface area (TPSA) is 132 Å². The molecule has 4 aromatic rings. The van der Waals surface area contributed by atoms with Gasteiger partial charge in [-0.05, 0) is 52.2 Å². The minimum atomic E-state index is -1.58.